The third-order valence-corrected chi connectivity index (χ3v) is 4.69. The van der Waals surface area contributed by atoms with Crippen LogP contribution in [-0.2, 0) is 6.42 Å². The first-order chi connectivity index (χ1) is 8.79. The zero-order valence-corrected chi connectivity index (χ0v) is 12.3. The van der Waals surface area contributed by atoms with Crippen LogP contribution >= 0.6 is 17.0 Å². The minimum absolute atomic E-state index is 0. The Morgan fingerprint density at radius 2 is 2.32 bits per heavy atom. The lowest BCUT2D eigenvalue weighted by molar-refractivity contribution is -0.00195. The Hall–Kier alpha value is -1.12. The molecule has 0 radical (unpaired) electrons. The van der Waals surface area contributed by atoms with Crippen molar-refractivity contribution < 1.29 is 4.74 Å². The Morgan fingerprint density at radius 1 is 1.42 bits per heavy atom. The second-order valence-electron chi connectivity index (χ2n) is 5.71. The zero-order valence-electron chi connectivity index (χ0n) is 10.6. The second-order valence-corrected chi connectivity index (χ2v) is 5.71. The number of nitrogens with zero attached hydrogens (tertiary/aromatic N) is 3. The van der Waals surface area contributed by atoms with Gasteiger partial charge in [0.15, 0.2) is 0 Å². The highest BCUT2D eigenvalue weighted by atomic mass is 79.9. The maximum absolute atomic E-state index is 8.94. The quantitative estimate of drug-likeness (QED) is 0.732. The van der Waals surface area contributed by atoms with E-state index >= 15 is 0 Å². The fourth-order valence-electron chi connectivity index (χ4n) is 3.76. The summed E-state index contributed by atoms with van der Waals surface area (Å²) >= 11 is 0. The maximum Gasteiger partial charge on any atom is 0.141 e. The van der Waals surface area contributed by atoms with Crippen LogP contribution in [0.2, 0.25) is 0 Å². The number of ether oxygens (including phenoxy) is 1. The highest BCUT2D eigenvalue weighted by molar-refractivity contribution is 8.93. The van der Waals surface area contributed by atoms with Crippen molar-refractivity contribution in [3.05, 3.63) is 23.5 Å². The molecule has 0 aliphatic carbocycles. The number of nitriles is 1. The number of hydrogen-bond acceptors (Lipinski definition) is 4. The van der Waals surface area contributed by atoms with Gasteiger partial charge in [0.05, 0.1) is 5.69 Å². The van der Waals surface area contributed by atoms with Gasteiger partial charge in [0, 0.05) is 24.9 Å². The van der Waals surface area contributed by atoms with Crippen LogP contribution in [0.1, 0.15) is 24.2 Å². The Labute approximate surface area is 123 Å². The lowest BCUT2D eigenvalue weighted by atomic mass is 9.73. The number of fused-ring (bicyclic) bond motifs is 2. The van der Waals surface area contributed by atoms with Gasteiger partial charge in [-0.1, -0.05) is 0 Å². The number of piperidine rings is 1. The third kappa shape index (κ3) is 1.86. The molecule has 4 rings (SSSR count). The summed E-state index contributed by atoms with van der Waals surface area (Å²) in [6, 6.07) is 5.78. The van der Waals surface area contributed by atoms with E-state index < -0.39 is 0 Å². The van der Waals surface area contributed by atoms with Crippen molar-refractivity contribution in [3.63, 3.8) is 0 Å². The predicted octanol–water partition coefficient (Wildman–Crippen LogP) is 1.93. The van der Waals surface area contributed by atoms with Crippen molar-refractivity contribution in [2.75, 3.05) is 19.6 Å². The predicted molar refractivity (Wildman–Crippen MR) is 75.5 cm³/mol. The first-order valence-corrected chi connectivity index (χ1v) is 6.58. The molecule has 19 heavy (non-hydrogen) atoms. The smallest absolute Gasteiger partial charge is 0.141 e. The minimum atomic E-state index is 0. The number of hydrogen-bond donors (Lipinski definition) is 0. The molecule has 4 nitrogen and oxygen atoms in total. The van der Waals surface area contributed by atoms with E-state index in [1.807, 2.05) is 6.07 Å². The molecule has 3 atom stereocenters. The van der Waals surface area contributed by atoms with Crippen molar-refractivity contribution in [2.24, 2.45) is 5.41 Å². The molecule has 1 aromatic rings. The average Bonchev–Trinajstić information content (AvgIpc) is 2.72. The van der Waals surface area contributed by atoms with Crippen LogP contribution in [0, 0.1) is 16.7 Å². The Kier molecular flexibility index (Phi) is 3.03. The highest BCUT2D eigenvalue weighted by Crippen LogP contribution is 2.47. The largest absolute Gasteiger partial charge is 0.488 e. The Bertz CT molecular complexity index is 556. The van der Waals surface area contributed by atoms with E-state index in [4.69, 9.17) is 10.00 Å². The fraction of sp³-hybridized carbons (Fsp3) is 0.571. The molecule has 1 aromatic heterocycles. The molecule has 5 heteroatoms. The first-order valence-electron chi connectivity index (χ1n) is 6.58. The van der Waals surface area contributed by atoms with Crippen molar-refractivity contribution in [2.45, 2.75) is 25.4 Å². The van der Waals surface area contributed by atoms with Crippen molar-refractivity contribution in [1.82, 2.24) is 9.88 Å². The van der Waals surface area contributed by atoms with Crippen LogP contribution in [0.25, 0.3) is 0 Å². The van der Waals surface area contributed by atoms with Gasteiger partial charge in [0.25, 0.3) is 0 Å². The number of pyridine rings is 1. The van der Waals surface area contributed by atoms with Crippen molar-refractivity contribution in [1.29, 1.82) is 5.26 Å². The lowest BCUT2D eigenvalue weighted by Crippen LogP contribution is -2.51. The van der Waals surface area contributed by atoms with Crippen LogP contribution in [0.5, 0.6) is 5.75 Å². The molecule has 1 unspecified atom stereocenters. The molecule has 3 aliphatic heterocycles. The van der Waals surface area contributed by atoms with Gasteiger partial charge in [0.1, 0.15) is 23.6 Å². The van der Waals surface area contributed by atoms with Crippen LogP contribution in [0.15, 0.2) is 12.1 Å². The molecule has 3 aliphatic rings. The van der Waals surface area contributed by atoms with Gasteiger partial charge in [-0.15, -0.1) is 17.0 Å². The maximum atomic E-state index is 8.94. The monoisotopic (exact) mass is 321 g/mol. The summed E-state index contributed by atoms with van der Waals surface area (Å²) < 4.78 is 6.16. The number of aromatic nitrogens is 1. The Morgan fingerprint density at radius 3 is 3.16 bits per heavy atom. The van der Waals surface area contributed by atoms with E-state index in [1.165, 1.54) is 13.0 Å². The summed E-state index contributed by atoms with van der Waals surface area (Å²) in [7, 11) is 0. The normalized spacial score (nSPS) is 34.3. The molecular formula is C14H16BrN3O. The molecular weight excluding hydrogens is 306 g/mol. The van der Waals surface area contributed by atoms with Gasteiger partial charge in [-0.25, -0.2) is 4.98 Å². The van der Waals surface area contributed by atoms with E-state index in [0.717, 1.165) is 37.4 Å². The molecule has 100 valence electrons. The summed E-state index contributed by atoms with van der Waals surface area (Å²) in [5.74, 6) is 0.893. The van der Waals surface area contributed by atoms with Crippen LogP contribution in [0.4, 0.5) is 0 Å². The van der Waals surface area contributed by atoms with E-state index in [-0.39, 0.29) is 22.4 Å². The first kappa shape index (κ1) is 12.9. The van der Waals surface area contributed by atoms with Gasteiger partial charge >= 0.3 is 0 Å². The third-order valence-electron chi connectivity index (χ3n) is 4.69. The van der Waals surface area contributed by atoms with Crippen LogP contribution < -0.4 is 4.74 Å². The Balaban J connectivity index is 0.00000110. The molecule has 0 N–H and O–H groups in total. The number of rotatable bonds is 0. The topological polar surface area (TPSA) is 49.2 Å². The van der Waals surface area contributed by atoms with E-state index in [1.54, 1.807) is 6.07 Å². The summed E-state index contributed by atoms with van der Waals surface area (Å²) in [5.41, 5.74) is 1.73. The summed E-state index contributed by atoms with van der Waals surface area (Å²) in [4.78, 5) is 6.96. The minimum Gasteiger partial charge on any atom is -0.488 e. The summed E-state index contributed by atoms with van der Waals surface area (Å²) in [5, 5.41) is 8.94. The van der Waals surface area contributed by atoms with Gasteiger partial charge in [-0.3, -0.25) is 0 Å². The molecule has 2 fully saturated rings. The summed E-state index contributed by atoms with van der Waals surface area (Å²) in [6.45, 7) is 3.48. The fourth-order valence-corrected chi connectivity index (χ4v) is 3.76. The zero-order chi connectivity index (χ0) is 12.2. The van der Waals surface area contributed by atoms with Crippen LogP contribution in [-0.4, -0.2) is 35.6 Å². The summed E-state index contributed by atoms with van der Waals surface area (Å²) in [6.07, 6.45) is 3.65. The van der Waals surface area contributed by atoms with Crippen molar-refractivity contribution in [3.8, 4) is 11.8 Å². The SMILES string of the molecule is Br.N#Cc1ccc2c(n1)C[C@@]13CC[N@](CCC1O2)C3. The van der Waals surface area contributed by atoms with Crippen LogP contribution in [0.3, 0.4) is 0 Å². The second kappa shape index (κ2) is 4.46. The van der Waals surface area contributed by atoms with Crippen molar-refractivity contribution >= 4 is 17.0 Å². The van der Waals surface area contributed by atoms with E-state index in [2.05, 4.69) is 16.0 Å². The lowest BCUT2D eigenvalue weighted by Gasteiger charge is -2.44. The molecule has 0 saturated carbocycles. The average molecular weight is 322 g/mol. The van der Waals surface area contributed by atoms with Gasteiger partial charge in [-0.2, -0.15) is 5.26 Å². The van der Waals surface area contributed by atoms with Gasteiger partial charge < -0.3 is 9.64 Å². The van der Waals surface area contributed by atoms with E-state index in [9.17, 15) is 0 Å². The van der Waals surface area contributed by atoms with Gasteiger partial charge in [0.2, 0.25) is 0 Å². The number of halogens is 1. The highest BCUT2D eigenvalue weighted by Gasteiger charge is 2.51. The molecule has 2 bridgehead atoms. The molecule has 4 heterocycles. The molecule has 2 saturated heterocycles. The molecule has 0 amide bonds. The van der Waals surface area contributed by atoms with Gasteiger partial charge in [-0.05, 0) is 31.5 Å². The van der Waals surface area contributed by atoms with E-state index in [0.29, 0.717) is 11.8 Å². The standard InChI is InChI=1S/C14H15N3O.BrH/c15-8-10-1-2-12-11(16-10)7-14-4-6-17(9-14)5-3-13(14)18-12;/h1-2,13H,3-7,9H2;1H/t13?,14-;/m1./s1. The molecule has 0 aromatic carbocycles. The molecule has 1 spiro atoms.